The van der Waals surface area contributed by atoms with Gasteiger partial charge in [0.25, 0.3) is 11.5 Å². The Labute approximate surface area is 171 Å². The van der Waals surface area contributed by atoms with Gasteiger partial charge in [-0.2, -0.15) is 5.10 Å². The summed E-state index contributed by atoms with van der Waals surface area (Å²) in [5.41, 5.74) is 0.964. The van der Waals surface area contributed by atoms with E-state index in [4.69, 9.17) is 0 Å². The fourth-order valence-corrected chi connectivity index (χ4v) is 4.39. The van der Waals surface area contributed by atoms with Crippen molar-refractivity contribution in [3.8, 4) is 5.69 Å². The second-order valence-corrected chi connectivity index (χ2v) is 8.32. The van der Waals surface area contributed by atoms with E-state index < -0.39 is 0 Å². The van der Waals surface area contributed by atoms with Crippen LogP contribution in [0.25, 0.3) is 5.69 Å². The molecule has 0 aromatic carbocycles. The molecule has 0 aliphatic carbocycles. The number of piperidine rings is 2. The maximum Gasteiger partial charge on any atom is 0.255 e. The van der Waals surface area contributed by atoms with Gasteiger partial charge in [0, 0.05) is 50.7 Å². The van der Waals surface area contributed by atoms with Gasteiger partial charge in [-0.1, -0.05) is 0 Å². The van der Waals surface area contributed by atoms with Crippen molar-refractivity contribution in [3.05, 3.63) is 46.6 Å². The smallest absolute Gasteiger partial charge is 0.255 e. The molecule has 2 saturated heterocycles. The molecule has 2 aliphatic rings. The molecule has 29 heavy (non-hydrogen) atoms. The van der Waals surface area contributed by atoms with Crippen LogP contribution in [0.3, 0.4) is 0 Å². The summed E-state index contributed by atoms with van der Waals surface area (Å²) in [7, 11) is 3.98. The van der Waals surface area contributed by atoms with Gasteiger partial charge >= 0.3 is 0 Å². The zero-order chi connectivity index (χ0) is 20.4. The van der Waals surface area contributed by atoms with Gasteiger partial charge in [0.2, 0.25) is 0 Å². The second-order valence-electron chi connectivity index (χ2n) is 8.32. The van der Waals surface area contributed by atoms with E-state index in [1.54, 1.807) is 36.4 Å². The monoisotopic (exact) mass is 398 g/mol. The first-order chi connectivity index (χ1) is 14.0. The summed E-state index contributed by atoms with van der Waals surface area (Å²) in [5, 5.41) is 7.26. The van der Waals surface area contributed by atoms with Gasteiger partial charge in [0.1, 0.15) is 0 Å². The quantitative estimate of drug-likeness (QED) is 0.827. The number of nitrogens with zero attached hydrogens (tertiary/aromatic N) is 5. The Hall–Kier alpha value is -2.45. The van der Waals surface area contributed by atoms with E-state index in [1.165, 1.54) is 36.6 Å². The van der Waals surface area contributed by atoms with Crippen molar-refractivity contribution in [2.75, 3.05) is 33.2 Å². The zero-order valence-corrected chi connectivity index (χ0v) is 17.3. The third-order valence-electron chi connectivity index (χ3n) is 6.21. The summed E-state index contributed by atoms with van der Waals surface area (Å²) in [5.74, 6) is -0.125. The molecule has 0 atom stereocenters. The Bertz CT molecular complexity index is 904. The lowest BCUT2D eigenvalue weighted by Crippen LogP contribution is -2.50. The predicted octanol–water partition coefficient (Wildman–Crippen LogP) is 0.859. The van der Waals surface area contributed by atoms with Crippen molar-refractivity contribution in [2.45, 2.75) is 37.8 Å². The van der Waals surface area contributed by atoms with Crippen molar-refractivity contribution < 1.29 is 4.79 Å². The maximum atomic E-state index is 12.8. The highest BCUT2D eigenvalue weighted by molar-refractivity contribution is 5.94. The molecule has 2 aromatic rings. The van der Waals surface area contributed by atoms with Crippen LogP contribution in [0.5, 0.6) is 0 Å². The Morgan fingerprint density at radius 1 is 1.03 bits per heavy atom. The van der Waals surface area contributed by atoms with E-state index in [9.17, 15) is 9.59 Å². The van der Waals surface area contributed by atoms with Crippen LogP contribution in [0.15, 0.2) is 35.5 Å². The topological polar surface area (TPSA) is 75.4 Å². The number of pyridine rings is 1. The van der Waals surface area contributed by atoms with Gasteiger partial charge in [0.15, 0.2) is 0 Å². The predicted molar refractivity (Wildman–Crippen MR) is 111 cm³/mol. The van der Waals surface area contributed by atoms with Crippen LogP contribution in [0.4, 0.5) is 0 Å². The molecule has 2 fully saturated rings. The fourth-order valence-electron chi connectivity index (χ4n) is 4.39. The number of amides is 1. The second kappa shape index (κ2) is 8.51. The van der Waals surface area contributed by atoms with E-state index >= 15 is 0 Å². The minimum Gasteiger partial charge on any atom is -0.349 e. The van der Waals surface area contributed by atoms with E-state index in [0.29, 0.717) is 17.3 Å². The number of likely N-dealkylation sites (tertiary alicyclic amines) is 2. The van der Waals surface area contributed by atoms with Gasteiger partial charge in [0.05, 0.1) is 17.4 Å². The number of rotatable bonds is 4. The lowest BCUT2D eigenvalue weighted by Gasteiger charge is -2.41. The molecule has 1 N–H and O–H groups in total. The number of carbonyl (C=O) groups is 1. The first kappa shape index (κ1) is 19.8. The summed E-state index contributed by atoms with van der Waals surface area (Å²) >= 11 is 0. The molecule has 0 bridgehead atoms. The lowest BCUT2D eigenvalue weighted by atomic mass is 9.98. The van der Waals surface area contributed by atoms with Gasteiger partial charge < -0.3 is 15.1 Å². The van der Waals surface area contributed by atoms with Crippen molar-refractivity contribution in [3.63, 3.8) is 0 Å². The molecule has 4 heterocycles. The SMILES string of the molecule is CN1CCC(N2CCC(NC(=O)c3ccc(=O)n(-c4cnn(C)c4)c3)CC2)CC1. The van der Waals surface area contributed by atoms with Crippen molar-refractivity contribution in [1.82, 2.24) is 29.5 Å². The fraction of sp³-hybridized carbons (Fsp3) is 0.571. The molecule has 2 aromatic heterocycles. The summed E-state index contributed by atoms with van der Waals surface area (Å²) in [6.45, 7) is 4.42. The van der Waals surface area contributed by atoms with Crippen LogP contribution in [-0.4, -0.2) is 75.4 Å². The standard InChI is InChI=1S/C21H30N6O2/c1-24-9-7-18(8-10-24)26-11-5-17(6-12-26)23-21(29)16-3-4-20(28)27(14-16)19-13-22-25(2)15-19/h3-4,13-15,17-18H,5-12H2,1-2H3,(H,23,29). The largest absolute Gasteiger partial charge is 0.349 e. The summed E-state index contributed by atoms with van der Waals surface area (Å²) in [6, 6.07) is 3.90. The van der Waals surface area contributed by atoms with E-state index in [1.807, 2.05) is 0 Å². The van der Waals surface area contributed by atoms with Crippen LogP contribution in [-0.2, 0) is 7.05 Å². The Kier molecular flexibility index (Phi) is 5.82. The minimum absolute atomic E-state index is 0.125. The first-order valence-corrected chi connectivity index (χ1v) is 10.4. The summed E-state index contributed by atoms with van der Waals surface area (Å²) in [4.78, 5) is 29.9. The van der Waals surface area contributed by atoms with Crippen LogP contribution in [0.1, 0.15) is 36.0 Å². The normalized spacial score (nSPS) is 20.1. The first-order valence-electron chi connectivity index (χ1n) is 10.4. The number of hydrogen-bond donors (Lipinski definition) is 1. The Balaban J connectivity index is 1.35. The highest BCUT2D eigenvalue weighted by Crippen LogP contribution is 2.20. The van der Waals surface area contributed by atoms with Gasteiger partial charge in [-0.05, 0) is 51.9 Å². The van der Waals surface area contributed by atoms with Crippen molar-refractivity contribution >= 4 is 5.91 Å². The molecule has 0 radical (unpaired) electrons. The molecule has 4 rings (SSSR count). The molecule has 0 saturated carbocycles. The summed E-state index contributed by atoms with van der Waals surface area (Å²) < 4.78 is 3.09. The van der Waals surface area contributed by atoms with Crippen LogP contribution in [0.2, 0.25) is 0 Å². The molecular weight excluding hydrogens is 368 g/mol. The summed E-state index contributed by atoms with van der Waals surface area (Å²) in [6.07, 6.45) is 9.39. The molecule has 0 spiro atoms. The third kappa shape index (κ3) is 4.59. The Morgan fingerprint density at radius 3 is 2.41 bits per heavy atom. The van der Waals surface area contributed by atoms with E-state index in [0.717, 1.165) is 25.9 Å². The van der Waals surface area contributed by atoms with E-state index in [-0.39, 0.29) is 17.5 Å². The number of aryl methyl sites for hydroxylation is 1. The van der Waals surface area contributed by atoms with Crippen LogP contribution in [0, 0.1) is 0 Å². The molecule has 8 heteroatoms. The Morgan fingerprint density at radius 2 is 1.76 bits per heavy atom. The van der Waals surface area contributed by atoms with E-state index in [2.05, 4.69) is 27.3 Å². The minimum atomic E-state index is -0.180. The highest BCUT2D eigenvalue weighted by atomic mass is 16.2. The molecule has 2 aliphatic heterocycles. The van der Waals surface area contributed by atoms with Crippen LogP contribution >= 0.6 is 0 Å². The average Bonchev–Trinajstić information content (AvgIpc) is 3.15. The van der Waals surface area contributed by atoms with Crippen molar-refractivity contribution in [2.24, 2.45) is 7.05 Å². The molecule has 8 nitrogen and oxygen atoms in total. The van der Waals surface area contributed by atoms with Crippen LogP contribution < -0.4 is 10.9 Å². The number of carbonyl (C=O) groups excluding carboxylic acids is 1. The lowest BCUT2D eigenvalue weighted by molar-refractivity contribution is 0.0807. The third-order valence-corrected chi connectivity index (χ3v) is 6.21. The molecular formula is C21H30N6O2. The number of aromatic nitrogens is 3. The van der Waals surface area contributed by atoms with Gasteiger partial charge in [-0.25, -0.2) is 0 Å². The average molecular weight is 399 g/mol. The van der Waals surface area contributed by atoms with Gasteiger partial charge in [-0.15, -0.1) is 0 Å². The van der Waals surface area contributed by atoms with Crippen molar-refractivity contribution in [1.29, 1.82) is 0 Å². The number of nitrogens with one attached hydrogen (secondary N) is 1. The van der Waals surface area contributed by atoms with Gasteiger partial charge in [-0.3, -0.25) is 18.8 Å². The zero-order valence-electron chi connectivity index (χ0n) is 17.3. The molecule has 0 unspecified atom stereocenters. The number of hydrogen-bond acceptors (Lipinski definition) is 5. The molecule has 156 valence electrons. The maximum absolute atomic E-state index is 12.8. The highest BCUT2D eigenvalue weighted by Gasteiger charge is 2.28. The molecule has 1 amide bonds.